The van der Waals surface area contributed by atoms with E-state index in [0.29, 0.717) is 17.4 Å². The Kier molecular flexibility index (Phi) is 9.49. The Morgan fingerprint density at radius 2 is 1.95 bits per heavy atom. The molecule has 0 aliphatic heterocycles. The highest BCUT2D eigenvalue weighted by atomic mass is 127. The van der Waals surface area contributed by atoms with Crippen LogP contribution in [0.3, 0.4) is 0 Å². The lowest BCUT2D eigenvalue weighted by Crippen LogP contribution is -2.33. The quantitative estimate of drug-likeness (QED) is 0.394. The lowest BCUT2D eigenvalue weighted by molar-refractivity contribution is 0.187. The molecule has 0 aliphatic rings. The molecule has 0 saturated carbocycles. The fourth-order valence-electron chi connectivity index (χ4n) is 1.52. The molecule has 114 valence electrons. The summed E-state index contributed by atoms with van der Waals surface area (Å²) in [6, 6.07) is 5.70. The normalized spacial score (nSPS) is 12.9. The number of halogens is 2. The van der Waals surface area contributed by atoms with Gasteiger partial charge in [-0.1, -0.05) is 26.0 Å². The molecule has 20 heavy (non-hydrogen) atoms. The summed E-state index contributed by atoms with van der Waals surface area (Å²) in [5.74, 6) is 0.598. The van der Waals surface area contributed by atoms with Gasteiger partial charge in [0.05, 0.1) is 12.6 Å². The van der Waals surface area contributed by atoms with Gasteiger partial charge >= 0.3 is 0 Å². The molecule has 0 bridgehead atoms. The summed E-state index contributed by atoms with van der Waals surface area (Å²) in [4.78, 5) is 4.06. The Labute approximate surface area is 136 Å². The molecule has 0 aromatic heterocycles. The number of benzene rings is 1. The van der Waals surface area contributed by atoms with E-state index in [9.17, 15) is 9.50 Å². The minimum atomic E-state index is -0.772. The fourth-order valence-corrected chi connectivity index (χ4v) is 1.52. The highest BCUT2D eigenvalue weighted by molar-refractivity contribution is 14.0. The summed E-state index contributed by atoms with van der Waals surface area (Å²) >= 11 is 0. The van der Waals surface area contributed by atoms with E-state index in [1.54, 1.807) is 0 Å². The molecule has 1 aromatic rings. The Morgan fingerprint density at radius 3 is 2.50 bits per heavy atom. The van der Waals surface area contributed by atoms with Crippen molar-refractivity contribution in [3.63, 3.8) is 0 Å². The molecule has 0 radical (unpaired) electrons. The summed E-state index contributed by atoms with van der Waals surface area (Å²) in [5, 5.41) is 12.8. The molecule has 6 heteroatoms. The van der Waals surface area contributed by atoms with Gasteiger partial charge in [0.25, 0.3) is 0 Å². The average molecular weight is 395 g/mol. The standard InChI is InChI=1S/C14H22FN3O.HI/c1-10(2)7-8-17-14(16)18-9-13(19)11-3-5-12(15)6-4-11;/h3-6,10,13,19H,7-9H2,1-2H3,(H3,16,17,18);1H. The van der Waals surface area contributed by atoms with Crippen molar-refractivity contribution in [2.45, 2.75) is 26.4 Å². The first kappa shape index (κ1) is 19.1. The van der Waals surface area contributed by atoms with Crippen molar-refractivity contribution in [2.75, 3.05) is 13.1 Å². The first-order valence-electron chi connectivity index (χ1n) is 6.46. The van der Waals surface area contributed by atoms with Crippen LogP contribution < -0.4 is 11.1 Å². The van der Waals surface area contributed by atoms with E-state index >= 15 is 0 Å². The predicted octanol–water partition coefficient (Wildman–Crippen LogP) is 2.43. The molecule has 0 heterocycles. The summed E-state index contributed by atoms with van der Waals surface area (Å²) in [7, 11) is 0. The number of guanidine groups is 1. The second kappa shape index (κ2) is 9.93. The smallest absolute Gasteiger partial charge is 0.188 e. The zero-order valence-electron chi connectivity index (χ0n) is 11.8. The van der Waals surface area contributed by atoms with E-state index in [4.69, 9.17) is 5.73 Å². The van der Waals surface area contributed by atoms with Crippen LogP contribution in [-0.4, -0.2) is 24.2 Å². The van der Waals surface area contributed by atoms with E-state index in [1.807, 2.05) is 0 Å². The van der Waals surface area contributed by atoms with E-state index in [2.05, 4.69) is 24.2 Å². The van der Waals surface area contributed by atoms with Crippen LogP contribution in [0.5, 0.6) is 0 Å². The van der Waals surface area contributed by atoms with Gasteiger partial charge in [-0.3, -0.25) is 4.99 Å². The molecule has 1 atom stereocenters. The van der Waals surface area contributed by atoms with Crippen LogP contribution in [0.4, 0.5) is 4.39 Å². The van der Waals surface area contributed by atoms with Gasteiger partial charge in [0.15, 0.2) is 5.96 Å². The molecule has 1 rings (SSSR count). The highest BCUT2D eigenvalue weighted by Crippen LogP contribution is 2.13. The minimum absolute atomic E-state index is 0. The molecule has 0 amide bonds. The van der Waals surface area contributed by atoms with Crippen LogP contribution in [0.25, 0.3) is 0 Å². The van der Waals surface area contributed by atoms with Gasteiger partial charge < -0.3 is 16.2 Å². The van der Waals surface area contributed by atoms with E-state index in [-0.39, 0.29) is 36.3 Å². The number of nitrogens with one attached hydrogen (secondary N) is 1. The van der Waals surface area contributed by atoms with Gasteiger partial charge in [0.2, 0.25) is 0 Å². The first-order valence-corrected chi connectivity index (χ1v) is 6.46. The topological polar surface area (TPSA) is 70.6 Å². The number of nitrogens with zero attached hydrogens (tertiary/aromatic N) is 1. The van der Waals surface area contributed by atoms with Crippen LogP contribution in [0.2, 0.25) is 0 Å². The maximum absolute atomic E-state index is 12.7. The Balaban J connectivity index is 0.00000361. The summed E-state index contributed by atoms with van der Waals surface area (Å²) in [6.45, 7) is 5.19. The highest BCUT2D eigenvalue weighted by Gasteiger charge is 2.06. The molecule has 1 unspecified atom stereocenters. The molecule has 0 spiro atoms. The second-order valence-electron chi connectivity index (χ2n) is 4.90. The van der Waals surface area contributed by atoms with Crippen molar-refractivity contribution in [3.8, 4) is 0 Å². The van der Waals surface area contributed by atoms with Gasteiger partial charge in [-0.25, -0.2) is 4.39 Å². The van der Waals surface area contributed by atoms with Crippen molar-refractivity contribution in [2.24, 2.45) is 16.6 Å². The average Bonchev–Trinajstić information content (AvgIpc) is 2.36. The lowest BCUT2D eigenvalue weighted by Gasteiger charge is -2.10. The van der Waals surface area contributed by atoms with E-state index < -0.39 is 6.10 Å². The molecule has 4 nitrogen and oxygen atoms in total. The van der Waals surface area contributed by atoms with Crippen molar-refractivity contribution in [1.82, 2.24) is 5.32 Å². The van der Waals surface area contributed by atoms with Crippen LogP contribution in [-0.2, 0) is 0 Å². The summed E-state index contributed by atoms with van der Waals surface area (Å²) in [6.07, 6.45) is 0.238. The number of hydrogen-bond donors (Lipinski definition) is 3. The second-order valence-corrected chi connectivity index (χ2v) is 4.90. The number of rotatable bonds is 6. The van der Waals surface area contributed by atoms with Gasteiger partial charge in [-0.15, -0.1) is 24.0 Å². The third-order valence-corrected chi connectivity index (χ3v) is 2.72. The Bertz CT molecular complexity index is 409. The maximum Gasteiger partial charge on any atom is 0.188 e. The third-order valence-electron chi connectivity index (χ3n) is 2.72. The predicted molar refractivity (Wildman–Crippen MR) is 90.7 cm³/mol. The van der Waals surface area contributed by atoms with Gasteiger partial charge in [-0.05, 0) is 30.0 Å². The van der Waals surface area contributed by atoms with Crippen molar-refractivity contribution in [3.05, 3.63) is 35.6 Å². The summed E-state index contributed by atoms with van der Waals surface area (Å²) in [5.41, 5.74) is 6.30. The zero-order valence-corrected chi connectivity index (χ0v) is 14.2. The third kappa shape index (κ3) is 7.64. The van der Waals surface area contributed by atoms with Gasteiger partial charge in [0, 0.05) is 6.54 Å². The zero-order chi connectivity index (χ0) is 14.3. The molecule has 0 fully saturated rings. The van der Waals surface area contributed by atoms with Crippen molar-refractivity contribution in [1.29, 1.82) is 0 Å². The SMILES string of the molecule is CC(C)CCNC(N)=NCC(O)c1ccc(F)cc1.I. The first-order chi connectivity index (χ1) is 8.99. The van der Waals surface area contributed by atoms with E-state index in [0.717, 1.165) is 13.0 Å². The van der Waals surface area contributed by atoms with Crippen molar-refractivity contribution >= 4 is 29.9 Å². The number of aliphatic imine (C=N–C) groups is 1. The molecule has 1 aromatic carbocycles. The molecule has 0 saturated heterocycles. The monoisotopic (exact) mass is 395 g/mol. The maximum atomic E-state index is 12.7. The van der Waals surface area contributed by atoms with Gasteiger partial charge in [-0.2, -0.15) is 0 Å². The number of hydrogen-bond acceptors (Lipinski definition) is 2. The summed E-state index contributed by atoms with van der Waals surface area (Å²) < 4.78 is 12.7. The molecular formula is C14H23FIN3O. The Morgan fingerprint density at radius 1 is 1.35 bits per heavy atom. The number of aliphatic hydroxyl groups is 1. The minimum Gasteiger partial charge on any atom is -0.386 e. The van der Waals surface area contributed by atoms with Crippen molar-refractivity contribution < 1.29 is 9.50 Å². The fraction of sp³-hybridized carbons (Fsp3) is 0.500. The van der Waals surface area contributed by atoms with Crippen LogP contribution in [0, 0.1) is 11.7 Å². The number of aliphatic hydroxyl groups excluding tert-OH is 1. The molecule has 0 aliphatic carbocycles. The largest absolute Gasteiger partial charge is 0.386 e. The molecule has 4 N–H and O–H groups in total. The lowest BCUT2D eigenvalue weighted by atomic mass is 10.1. The van der Waals surface area contributed by atoms with Gasteiger partial charge in [0.1, 0.15) is 5.82 Å². The van der Waals surface area contributed by atoms with Crippen LogP contribution in [0.15, 0.2) is 29.3 Å². The van der Waals surface area contributed by atoms with Crippen LogP contribution in [0.1, 0.15) is 31.9 Å². The van der Waals surface area contributed by atoms with E-state index in [1.165, 1.54) is 24.3 Å². The molecular weight excluding hydrogens is 372 g/mol. The number of nitrogens with two attached hydrogens (primary N) is 1. The Hall–Kier alpha value is -0.890. The van der Waals surface area contributed by atoms with Crippen LogP contribution >= 0.6 is 24.0 Å².